The molecule has 1 fully saturated rings. The molecule has 16 heavy (non-hydrogen) atoms. The van der Waals surface area contributed by atoms with Crippen LogP contribution in [0, 0.1) is 0 Å². The minimum atomic E-state index is -0.193. The van der Waals surface area contributed by atoms with Crippen molar-refractivity contribution in [3.63, 3.8) is 0 Å². The third-order valence-electron chi connectivity index (χ3n) is 3.22. The van der Waals surface area contributed by atoms with Crippen molar-refractivity contribution >= 4 is 0 Å². The number of hydrogen-bond donors (Lipinski definition) is 3. The molecule has 0 aromatic heterocycles. The number of nitrogens with one attached hydrogen (secondary N) is 1. The van der Waals surface area contributed by atoms with E-state index in [0.717, 1.165) is 36.9 Å². The molecule has 3 N–H and O–H groups in total. The van der Waals surface area contributed by atoms with Crippen LogP contribution in [0.15, 0.2) is 24.3 Å². The van der Waals surface area contributed by atoms with Crippen LogP contribution in [-0.2, 0) is 13.2 Å². The first kappa shape index (κ1) is 11.6. The number of aliphatic hydroxyl groups is 2. The van der Waals surface area contributed by atoms with Gasteiger partial charge in [-0.15, -0.1) is 0 Å². The van der Waals surface area contributed by atoms with E-state index in [2.05, 4.69) is 5.32 Å². The molecule has 3 nitrogen and oxygen atoms in total. The Morgan fingerprint density at radius 2 is 2.06 bits per heavy atom. The molecule has 0 amide bonds. The monoisotopic (exact) mass is 221 g/mol. The standard InChI is InChI=1S/C13H19NO2/c15-9-11-4-1-3-10(7-11)8-14-12-5-2-6-13(12)16/h1,3-4,7,12-16H,2,5-6,8-9H2/t12-,13-/m1/s1. The molecule has 1 aliphatic rings. The number of benzene rings is 1. The molecule has 0 saturated heterocycles. The summed E-state index contributed by atoms with van der Waals surface area (Å²) in [7, 11) is 0. The zero-order valence-electron chi connectivity index (χ0n) is 9.39. The quantitative estimate of drug-likeness (QED) is 0.715. The van der Waals surface area contributed by atoms with E-state index in [9.17, 15) is 5.11 Å². The molecule has 1 aliphatic carbocycles. The predicted octanol–water partition coefficient (Wildman–Crippen LogP) is 1.18. The molecule has 0 spiro atoms. The van der Waals surface area contributed by atoms with Crippen LogP contribution in [0.2, 0.25) is 0 Å². The Kier molecular flexibility index (Phi) is 3.93. The lowest BCUT2D eigenvalue weighted by Gasteiger charge is -2.16. The largest absolute Gasteiger partial charge is 0.392 e. The van der Waals surface area contributed by atoms with Gasteiger partial charge in [0.05, 0.1) is 12.7 Å². The second-order valence-electron chi connectivity index (χ2n) is 4.46. The van der Waals surface area contributed by atoms with Gasteiger partial charge in [0, 0.05) is 12.6 Å². The molecule has 3 heteroatoms. The number of hydrogen-bond acceptors (Lipinski definition) is 3. The molecular weight excluding hydrogens is 202 g/mol. The van der Waals surface area contributed by atoms with E-state index in [4.69, 9.17) is 5.11 Å². The van der Waals surface area contributed by atoms with Crippen molar-refractivity contribution in [3.8, 4) is 0 Å². The van der Waals surface area contributed by atoms with E-state index in [1.807, 2.05) is 24.3 Å². The van der Waals surface area contributed by atoms with Gasteiger partial charge in [-0.1, -0.05) is 24.3 Å². The molecule has 1 aromatic carbocycles. The summed E-state index contributed by atoms with van der Waals surface area (Å²) in [5.41, 5.74) is 2.09. The summed E-state index contributed by atoms with van der Waals surface area (Å²) in [6.07, 6.45) is 2.88. The third-order valence-corrected chi connectivity index (χ3v) is 3.22. The third kappa shape index (κ3) is 2.82. The maximum absolute atomic E-state index is 9.67. The Hall–Kier alpha value is -0.900. The van der Waals surface area contributed by atoms with Gasteiger partial charge < -0.3 is 15.5 Å². The first-order chi connectivity index (χ1) is 7.79. The summed E-state index contributed by atoms with van der Waals surface area (Å²) in [6.45, 7) is 0.843. The van der Waals surface area contributed by atoms with E-state index in [1.54, 1.807) is 0 Å². The Balaban J connectivity index is 1.88. The summed E-state index contributed by atoms with van der Waals surface area (Å²) in [6, 6.07) is 8.13. The number of aliphatic hydroxyl groups excluding tert-OH is 2. The lowest BCUT2D eigenvalue weighted by molar-refractivity contribution is 0.148. The summed E-state index contributed by atoms with van der Waals surface area (Å²) < 4.78 is 0. The SMILES string of the molecule is OCc1cccc(CN[C@@H]2CCC[C@H]2O)c1. The fourth-order valence-electron chi connectivity index (χ4n) is 2.27. The highest BCUT2D eigenvalue weighted by Gasteiger charge is 2.24. The fraction of sp³-hybridized carbons (Fsp3) is 0.538. The summed E-state index contributed by atoms with van der Waals surface area (Å²) in [4.78, 5) is 0. The molecule has 0 unspecified atom stereocenters. The minimum Gasteiger partial charge on any atom is -0.392 e. The van der Waals surface area contributed by atoms with Gasteiger partial charge in [0.15, 0.2) is 0 Å². The summed E-state index contributed by atoms with van der Waals surface area (Å²) >= 11 is 0. The second-order valence-corrected chi connectivity index (χ2v) is 4.46. The van der Waals surface area contributed by atoms with Crippen LogP contribution in [-0.4, -0.2) is 22.4 Å². The van der Waals surface area contributed by atoms with Gasteiger partial charge in [-0.2, -0.15) is 0 Å². The van der Waals surface area contributed by atoms with E-state index in [0.29, 0.717) is 0 Å². The van der Waals surface area contributed by atoms with Crippen LogP contribution in [0.5, 0.6) is 0 Å². The van der Waals surface area contributed by atoms with Gasteiger partial charge in [-0.25, -0.2) is 0 Å². The van der Waals surface area contributed by atoms with E-state index < -0.39 is 0 Å². The van der Waals surface area contributed by atoms with Gasteiger partial charge in [0.2, 0.25) is 0 Å². The lowest BCUT2D eigenvalue weighted by atomic mass is 10.1. The maximum atomic E-state index is 9.67. The van der Waals surface area contributed by atoms with Crippen molar-refractivity contribution in [1.82, 2.24) is 5.32 Å². The van der Waals surface area contributed by atoms with Crippen molar-refractivity contribution in [2.45, 2.75) is 44.6 Å². The Morgan fingerprint density at radius 3 is 2.75 bits per heavy atom. The highest BCUT2D eigenvalue weighted by molar-refractivity contribution is 5.22. The molecule has 88 valence electrons. The van der Waals surface area contributed by atoms with Crippen LogP contribution in [0.4, 0.5) is 0 Å². The number of rotatable bonds is 4. The van der Waals surface area contributed by atoms with Crippen LogP contribution in [0.3, 0.4) is 0 Å². The highest BCUT2D eigenvalue weighted by Crippen LogP contribution is 2.19. The van der Waals surface area contributed by atoms with Gasteiger partial charge in [-0.3, -0.25) is 0 Å². The first-order valence-electron chi connectivity index (χ1n) is 5.89. The van der Waals surface area contributed by atoms with Crippen molar-refractivity contribution in [3.05, 3.63) is 35.4 Å². The van der Waals surface area contributed by atoms with E-state index in [-0.39, 0.29) is 18.8 Å². The van der Waals surface area contributed by atoms with Crippen LogP contribution in [0.25, 0.3) is 0 Å². The maximum Gasteiger partial charge on any atom is 0.0693 e. The van der Waals surface area contributed by atoms with Crippen molar-refractivity contribution in [2.75, 3.05) is 0 Å². The zero-order valence-corrected chi connectivity index (χ0v) is 9.39. The molecule has 0 radical (unpaired) electrons. The molecule has 0 heterocycles. The lowest BCUT2D eigenvalue weighted by Crippen LogP contribution is -2.35. The molecule has 2 atom stereocenters. The Bertz CT molecular complexity index is 340. The Labute approximate surface area is 96.1 Å². The molecule has 1 saturated carbocycles. The van der Waals surface area contributed by atoms with Crippen molar-refractivity contribution in [1.29, 1.82) is 0 Å². The van der Waals surface area contributed by atoms with Gasteiger partial charge in [-0.05, 0) is 30.4 Å². The van der Waals surface area contributed by atoms with Gasteiger partial charge >= 0.3 is 0 Å². The van der Waals surface area contributed by atoms with Crippen molar-refractivity contribution in [2.24, 2.45) is 0 Å². The molecule has 0 bridgehead atoms. The van der Waals surface area contributed by atoms with E-state index in [1.165, 1.54) is 0 Å². The van der Waals surface area contributed by atoms with Crippen molar-refractivity contribution < 1.29 is 10.2 Å². The highest BCUT2D eigenvalue weighted by atomic mass is 16.3. The average Bonchev–Trinajstić information content (AvgIpc) is 2.72. The zero-order chi connectivity index (χ0) is 11.4. The van der Waals surface area contributed by atoms with E-state index >= 15 is 0 Å². The predicted molar refractivity (Wildman–Crippen MR) is 62.9 cm³/mol. The summed E-state index contributed by atoms with van der Waals surface area (Å²) in [5, 5.41) is 22.1. The molecule has 2 rings (SSSR count). The van der Waals surface area contributed by atoms with Gasteiger partial charge in [0.25, 0.3) is 0 Å². The average molecular weight is 221 g/mol. The normalized spacial score (nSPS) is 24.9. The van der Waals surface area contributed by atoms with Crippen LogP contribution < -0.4 is 5.32 Å². The topological polar surface area (TPSA) is 52.5 Å². The minimum absolute atomic E-state index is 0.0832. The summed E-state index contributed by atoms with van der Waals surface area (Å²) in [5.74, 6) is 0. The fourth-order valence-corrected chi connectivity index (χ4v) is 2.27. The second kappa shape index (κ2) is 5.43. The first-order valence-corrected chi connectivity index (χ1v) is 5.89. The van der Waals surface area contributed by atoms with Gasteiger partial charge in [0.1, 0.15) is 0 Å². The smallest absolute Gasteiger partial charge is 0.0693 e. The molecule has 0 aliphatic heterocycles. The molecule has 1 aromatic rings. The Morgan fingerprint density at radius 1 is 1.25 bits per heavy atom. The molecular formula is C13H19NO2. The van der Waals surface area contributed by atoms with Crippen LogP contribution in [0.1, 0.15) is 30.4 Å². The van der Waals surface area contributed by atoms with Crippen LogP contribution >= 0.6 is 0 Å².